The van der Waals surface area contributed by atoms with Crippen LogP contribution in [0.1, 0.15) is 39.5 Å². The van der Waals surface area contributed by atoms with Gasteiger partial charge in [-0.05, 0) is 31.6 Å². The maximum atomic E-state index is 5.56. The zero-order chi connectivity index (χ0) is 12.5. The van der Waals surface area contributed by atoms with E-state index in [4.69, 9.17) is 4.74 Å². The van der Waals surface area contributed by atoms with Crippen LogP contribution in [0.15, 0.2) is 4.99 Å². The van der Waals surface area contributed by atoms with Crippen molar-refractivity contribution in [1.29, 1.82) is 0 Å². The SMILES string of the molecule is CN=C(NCCCC(C)C)NCC1CCCO1.I. The van der Waals surface area contributed by atoms with E-state index in [9.17, 15) is 0 Å². The van der Waals surface area contributed by atoms with Crippen molar-refractivity contribution in [1.82, 2.24) is 10.6 Å². The van der Waals surface area contributed by atoms with Crippen molar-refractivity contribution in [2.24, 2.45) is 10.9 Å². The molecule has 0 radical (unpaired) electrons. The van der Waals surface area contributed by atoms with Crippen LogP contribution in [-0.4, -0.2) is 38.8 Å². The van der Waals surface area contributed by atoms with E-state index >= 15 is 0 Å². The molecule has 4 nitrogen and oxygen atoms in total. The molecule has 0 aromatic carbocycles. The van der Waals surface area contributed by atoms with Gasteiger partial charge in [-0.2, -0.15) is 0 Å². The van der Waals surface area contributed by atoms with Gasteiger partial charge in [0.15, 0.2) is 5.96 Å². The van der Waals surface area contributed by atoms with Gasteiger partial charge >= 0.3 is 0 Å². The second-order valence-corrected chi connectivity index (χ2v) is 5.05. The fraction of sp³-hybridized carbons (Fsp3) is 0.923. The smallest absolute Gasteiger partial charge is 0.191 e. The summed E-state index contributed by atoms with van der Waals surface area (Å²) in [6.07, 6.45) is 5.17. The first-order chi connectivity index (χ1) is 8.22. The van der Waals surface area contributed by atoms with Gasteiger partial charge in [0.2, 0.25) is 0 Å². The largest absolute Gasteiger partial charge is 0.376 e. The van der Waals surface area contributed by atoms with Crippen LogP contribution >= 0.6 is 24.0 Å². The molecule has 0 aromatic heterocycles. The normalized spacial score (nSPS) is 19.8. The third-order valence-electron chi connectivity index (χ3n) is 3.00. The van der Waals surface area contributed by atoms with Crippen molar-refractivity contribution in [2.45, 2.75) is 45.6 Å². The summed E-state index contributed by atoms with van der Waals surface area (Å²) in [6.45, 7) is 7.27. The molecule has 108 valence electrons. The third-order valence-corrected chi connectivity index (χ3v) is 3.00. The minimum atomic E-state index is 0. The molecule has 0 spiro atoms. The number of hydrogen-bond donors (Lipinski definition) is 2. The predicted molar refractivity (Wildman–Crippen MR) is 87.8 cm³/mol. The Morgan fingerprint density at radius 3 is 2.72 bits per heavy atom. The summed E-state index contributed by atoms with van der Waals surface area (Å²) in [4.78, 5) is 4.20. The molecule has 1 atom stereocenters. The highest BCUT2D eigenvalue weighted by atomic mass is 127. The first-order valence-electron chi connectivity index (χ1n) is 6.78. The number of nitrogens with one attached hydrogen (secondary N) is 2. The highest BCUT2D eigenvalue weighted by Gasteiger charge is 2.15. The molecule has 1 rings (SSSR count). The van der Waals surface area contributed by atoms with Gasteiger partial charge in [-0.15, -0.1) is 24.0 Å². The van der Waals surface area contributed by atoms with Gasteiger partial charge in [0.25, 0.3) is 0 Å². The summed E-state index contributed by atoms with van der Waals surface area (Å²) in [6, 6.07) is 0. The molecule has 1 saturated heterocycles. The Balaban J connectivity index is 0.00000289. The fourth-order valence-corrected chi connectivity index (χ4v) is 1.95. The van der Waals surface area contributed by atoms with Crippen molar-refractivity contribution in [3.63, 3.8) is 0 Å². The van der Waals surface area contributed by atoms with Gasteiger partial charge in [-0.25, -0.2) is 0 Å². The molecular formula is C13H28IN3O. The highest BCUT2D eigenvalue weighted by Crippen LogP contribution is 2.10. The third kappa shape index (κ3) is 8.13. The quantitative estimate of drug-likeness (QED) is 0.327. The molecule has 18 heavy (non-hydrogen) atoms. The molecule has 0 aromatic rings. The standard InChI is InChI=1S/C13H27N3O.HI/c1-11(2)6-4-8-15-13(14-3)16-10-12-7-5-9-17-12;/h11-12H,4-10H2,1-3H3,(H2,14,15,16);1H. The molecule has 0 bridgehead atoms. The lowest BCUT2D eigenvalue weighted by atomic mass is 10.1. The summed E-state index contributed by atoms with van der Waals surface area (Å²) in [5.74, 6) is 1.67. The number of halogens is 1. The first kappa shape index (κ1) is 18.0. The lowest BCUT2D eigenvalue weighted by Gasteiger charge is -2.15. The summed E-state index contributed by atoms with van der Waals surface area (Å²) >= 11 is 0. The molecule has 1 fully saturated rings. The van der Waals surface area contributed by atoms with E-state index in [-0.39, 0.29) is 24.0 Å². The van der Waals surface area contributed by atoms with E-state index in [0.717, 1.165) is 38.0 Å². The van der Waals surface area contributed by atoms with Crippen molar-refractivity contribution in [3.05, 3.63) is 0 Å². The maximum absolute atomic E-state index is 5.56. The van der Waals surface area contributed by atoms with Crippen LogP contribution in [0.2, 0.25) is 0 Å². The number of guanidine groups is 1. The van der Waals surface area contributed by atoms with Gasteiger partial charge in [-0.1, -0.05) is 13.8 Å². The number of nitrogens with zero attached hydrogens (tertiary/aromatic N) is 1. The van der Waals surface area contributed by atoms with Crippen LogP contribution in [0.25, 0.3) is 0 Å². The molecule has 0 aliphatic carbocycles. The van der Waals surface area contributed by atoms with Gasteiger partial charge in [0.1, 0.15) is 0 Å². The summed E-state index contributed by atoms with van der Waals surface area (Å²) < 4.78 is 5.56. The Kier molecular flexibility index (Phi) is 10.8. The van der Waals surface area contributed by atoms with Gasteiger partial charge in [-0.3, -0.25) is 4.99 Å². The second kappa shape index (κ2) is 10.8. The van der Waals surface area contributed by atoms with Crippen LogP contribution in [0.5, 0.6) is 0 Å². The van der Waals surface area contributed by atoms with Crippen LogP contribution in [0.3, 0.4) is 0 Å². The summed E-state index contributed by atoms with van der Waals surface area (Å²) in [5, 5.41) is 6.65. The Labute approximate surface area is 128 Å². The average Bonchev–Trinajstić information content (AvgIpc) is 2.81. The molecule has 1 heterocycles. The minimum Gasteiger partial charge on any atom is -0.376 e. The van der Waals surface area contributed by atoms with Crippen LogP contribution in [-0.2, 0) is 4.74 Å². The highest BCUT2D eigenvalue weighted by molar-refractivity contribution is 14.0. The monoisotopic (exact) mass is 369 g/mol. The summed E-state index contributed by atoms with van der Waals surface area (Å²) in [5.41, 5.74) is 0. The van der Waals surface area contributed by atoms with Gasteiger partial charge in [0.05, 0.1) is 6.10 Å². The molecule has 5 heteroatoms. The Morgan fingerprint density at radius 1 is 1.39 bits per heavy atom. The van der Waals surface area contributed by atoms with Gasteiger partial charge in [0, 0.05) is 26.7 Å². The molecule has 1 aliphatic rings. The fourth-order valence-electron chi connectivity index (χ4n) is 1.95. The topological polar surface area (TPSA) is 45.7 Å². The number of aliphatic imine (C=N–C) groups is 1. The predicted octanol–water partition coefficient (Wildman–Crippen LogP) is 2.38. The van der Waals surface area contributed by atoms with Crippen LogP contribution in [0, 0.1) is 5.92 Å². The van der Waals surface area contributed by atoms with E-state index in [1.54, 1.807) is 0 Å². The molecule has 0 saturated carbocycles. The Morgan fingerprint density at radius 2 is 2.17 bits per heavy atom. The lowest BCUT2D eigenvalue weighted by molar-refractivity contribution is 0.114. The average molecular weight is 369 g/mol. The molecule has 1 aliphatic heterocycles. The molecule has 0 amide bonds. The lowest BCUT2D eigenvalue weighted by Crippen LogP contribution is -2.41. The zero-order valence-corrected chi connectivity index (χ0v) is 14.2. The van der Waals surface area contributed by atoms with Crippen molar-refractivity contribution < 1.29 is 4.74 Å². The molecule has 2 N–H and O–H groups in total. The van der Waals surface area contributed by atoms with Gasteiger partial charge < -0.3 is 15.4 Å². The van der Waals surface area contributed by atoms with E-state index in [2.05, 4.69) is 29.5 Å². The molecule has 1 unspecified atom stereocenters. The molecular weight excluding hydrogens is 341 g/mol. The second-order valence-electron chi connectivity index (χ2n) is 5.05. The number of rotatable bonds is 6. The zero-order valence-electron chi connectivity index (χ0n) is 11.9. The van der Waals surface area contributed by atoms with E-state index < -0.39 is 0 Å². The first-order valence-corrected chi connectivity index (χ1v) is 6.78. The van der Waals surface area contributed by atoms with Crippen molar-refractivity contribution in [3.8, 4) is 0 Å². The van der Waals surface area contributed by atoms with Crippen LogP contribution in [0.4, 0.5) is 0 Å². The Hall–Kier alpha value is -0.0400. The van der Waals surface area contributed by atoms with E-state index in [1.807, 2.05) is 7.05 Å². The van der Waals surface area contributed by atoms with E-state index in [0.29, 0.717) is 6.10 Å². The number of hydrogen-bond acceptors (Lipinski definition) is 2. The van der Waals surface area contributed by atoms with E-state index in [1.165, 1.54) is 19.3 Å². The van der Waals surface area contributed by atoms with Crippen LogP contribution < -0.4 is 10.6 Å². The Bertz CT molecular complexity index is 228. The van der Waals surface area contributed by atoms with Crippen molar-refractivity contribution >= 4 is 29.9 Å². The maximum Gasteiger partial charge on any atom is 0.191 e. The minimum absolute atomic E-state index is 0. The number of ether oxygens (including phenoxy) is 1. The summed E-state index contributed by atoms with van der Waals surface area (Å²) in [7, 11) is 1.81. The van der Waals surface area contributed by atoms with Crippen molar-refractivity contribution in [2.75, 3.05) is 26.7 Å².